The lowest BCUT2D eigenvalue weighted by molar-refractivity contribution is 0.0853. The fourth-order valence-corrected chi connectivity index (χ4v) is 2.40. The van der Waals surface area contributed by atoms with Crippen molar-refractivity contribution in [2.45, 2.75) is 25.9 Å². The number of nitrogens with zero attached hydrogens (tertiary/aromatic N) is 2. The summed E-state index contributed by atoms with van der Waals surface area (Å²) in [7, 11) is 0. The summed E-state index contributed by atoms with van der Waals surface area (Å²) in [5.74, 6) is -0.184. The number of rotatable bonds is 3. The summed E-state index contributed by atoms with van der Waals surface area (Å²) in [6.45, 7) is 3.13. The first-order valence-electron chi connectivity index (χ1n) is 6.87. The van der Waals surface area contributed by atoms with E-state index in [0.717, 1.165) is 30.5 Å². The number of ether oxygens (including phenoxy) is 1. The molecule has 0 radical (unpaired) electrons. The largest absolute Gasteiger partial charge is 0.376 e. The molecule has 2 heterocycles. The average Bonchev–Trinajstić information content (AvgIpc) is 2.97. The van der Waals surface area contributed by atoms with E-state index in [0.29, 0.717) is 17.9 Å². The van der Waals surface area contributed by atoms with Crippen LogP contribution >= 0.6 is 0 Å². The summed E-state index contributed by atoms with van der Waals surface area (Å²) in [5, 5.41) is 2.88. The molecule has 2 aromatic rings. The third kappa shape index (κ3) is 2.63. The van der Waals surface area contributed by atoms with Crippen LogP contribution in [0.5, 0.6) is 0 Å². The Hall–Kier alpha value is -2.01. The molecular weight excluding hydrogens is 254 g/mol. The minimum Gasteiger partial charge on any atom is -0.376 e. The smallest absolute Gasteiger partial charge is 0.271 e. The van der Waals surface area contributed by atoms with Gasteiger partial charge >= 0.3 is 0 Å². The molecule has 20 heavy (non-hydrogen) atoms. The normalized spacial score (nSPS) is 18.4. The Labute approximate surface area is 117 Å². The number of benzene rings is 1. The van der Waals surface area contributed by atoms with Crippen LogP contribution in [0.15, 0.2) is 24.3 Å². The number of aromatic nitrogens is 2. The van der Waals surface area contributed by atoms with Crippen molar-refractivity contribution >= 4 is 16.9 Å². The van der Waals surface area contributed by atoms with Gasteiger partial charge in [0.1, 0.15) is 5.69 Å². The van der Waals surface area contributed by atoms with E-state index in [9.17, 15) is 4.79 Å². The van der Waals surface area contributed by atoms with Crippen LogP contribution in [0.4, 0.5) is 0 Å². The van der Waals surface area contributed by atoms with Gasteiger partial charge in [-0.05, 0) is 31.9 Å². The van der Waals surface area contributed by atoms with Crippen molar-refractivity contribution in [1.82, 2.24) is 15.3 Å². The number of carbonyl (C=O) groups excluding carboxylic acids is 1. The molecule has 104 valence electrons. The van der Waals surface area contributed by atoms with Crippen LogP contribution in [-0.2, 0) is 4.74 Å². The SMILES string of the molecule is Cc1nc2ccccc2nc1C(=O)NCC1CCCO1. The molecule has 0 spiro atoms. The van der Waals surface area contributed by atoms with Crippen LogP contribution in [0.2, 0.25) is 0 Å². The van der Waals surface area contributed by atoms with E-state index < -0.39 is 0 Å². The highest BCUT2D eigenvalue weighted by atomic mass is 16.5. The first kappa shape index (κ1) is 13.0. The molecule has 5 heteroatoms. The van der Waals surface area contributed by atoms with E-state index >= 15 is 0 Å². The standard InChI is InChI=1S/C15H17N3O2/c1-10-14(15(19)16-9-11-5-4-8-20-11)18-13-7-3-2-6-12(13)17-10/h2-3,6-7,11H,4-5,8-9H2,1H3,(H,16,19). The maximum Gasteiger partial charge on any atom is 0.271 e. The molecule has 1 saturated heterocycles. The van der Waals surface area contributed by atoms with Gasteiger partial charge in [-0.2, -0.15) is 0 Å². The molecule has 1 atom stereocenters. The maximum absolute atomic E-state index is 12.2. The van der Waals surface area contributed by atoms with E-state index in [1.807, 2.05) is 24.3 Å². The van der Waals surface area contributed by atoms with E-state index in [1.165, 1.54) is 0 Å². The third-order valence-corrected chi connectivity index (χ3v) is 3.47. The van der Waals surface area contributed by atoms with Gasteiger partial charge in [0, 0.05) is 13.2 Å². The van der Waals surface area contributed by atoms with Crippen molar-refractivity contribution in [1.29, 1.82) is 0 Å². The van der Waals surface area contributed by atoms with E-state index in [-0.39, 0.29) is 12.0 Å². The number of hydrogen-bond acceptors (Lipinski definition) is 4. The van der Waals surface area contributed by atoms with Gasteiger partial charge in [-0.15, -0.1) is 0 Å². The number of nitrogens with one attached hydrogen (secondary N) is 1. The molecule has 0 saturated carbocycles. The third-order valence-electron chi connectivity index (χ3n) is 3.47. The molecule has 0 bridgehead atoms. The lowest BCUT2D eigenvalue weighted by atomic mass is 10.2. The Balaban J connectivity index is 1.77. The average molecular weight is 271 g/mol. The van der Waals surface area contributed by atoms with Gasteiger partial charge in [-0.3, -0.25) is 4.79 Å². The quantitative estimate of drug-likeness (QED) is 0.925. The Kier molecular flexibility index (Phi) is 3.60. The van der Waals surface area contributed by atoms with E-state index in [2.05, 4.69) is 15.3 Å². The monoisotopic (exact) mass is 271 g/mol. The number of hydrogen-bond donors (Lipinski definition) is 1. The minimum atomic E-state index is -0.184. The van der Waals surface area contributed by atoms with Crippen molar-refractivity contribution in [2.75, 3.05) is 13.2 Å². The van der Waals surface area contributed by atoms with Gasteiger partial charge in [0.15, 0.2) is 0 Å². The van der Waals surface area contributed by atoms with E-state index in [1.54, 1.807) is 6.92 Å². The summed E-state index contributed by atoms with van der Waals surface area (Å²) < 4.78 is 5.49. The molecule has 1 aliphatic heterocycles. The number of aryl methyl sites for hydroxylation is 1. The minimum absolute atomic E-state index is 0.132. The summed E-state index contributed by atoms with van der Waals surface area (Å²) >= 11 is 0. The van der Waals surface area contributed by atoms with Crippen molar-refractivity contribution in [2.24, 2.45) is 0 Å². The summed E-state index contributed by atoms with van der Waals surface area (Å²) in [4.78, 5) is 21.0. The number of amides is 1. The molecule has 1 N–H and O–H groups in total. The second-order valence-corrected chi connectivity index (χ2v) is 4.99. The van der Waals surface area contributed by atoms with Gasteiger partial charge in [-0.25, -0.2) is 9.97 Å². The molecule has 1 unspecified atom stereocenters. The number of fused-ring (bicyclic) bond motifs is 1. The fourth-order valence-electron chi connectivity index (χ4n) is 2.40. The van der Waals surface area contributed by atoms with Crippen molar-refractivity contribution in [3.63, 3.8) is 0 Å². The predicted octanol–water partition coefficient (Wildman–Crippen LogP) is 1.85. The zero-order chi connectivity index (χ0) is 13.9. The highest BCUT2D eigenvalue weighted by Gasteiger charge is 2.18. The van der Waals surface area contributed by atoms with Crippen LogP contribution in [0, 0.1) is 6.92 Å². The molecule has 1 fully saturated rings. The highest BCUT2D eigenvalue weighted by Crippen LogP contribution is 2.13. The van der Waals surface area contributed by atoms with Crippen LogP contribution in [-0.4, -0.2) is 35.1 Å². The van der Waals surface area contributed by atoms with Crippen molar-refractivity contribution < 1.29 is 9.53 Å². The summed E-state index contributed by atoms with van der Waals surface area (Å²) in [6.07, 6.45) is 2.20. The molecular formula is C15H17N3O2. The first-order valence-corrected chi connectivity index (χ1v) is 6.87. The lowest BCUT2D eigenvalue weighted by Crippen LogP contribution is -2.32. The molecule has 3 rings (SSSR count). The van der Waals surface area contributed by atoms with Gasteiger partial charge in [-0.1, -0.05) is 12.1 Å². The number of para-hydroxylation sites is 2. The maximum atomic E-state index is 12.2. The van der Waals surface area contributed by atoms with Gasteiger partial charge in [0.05, 0.1) is 22.8 Å². The topological polar surface area (TPSA) is 64.1 Å². The molecule has 1 aliphatic rings. The predicted molar refractivity (Wildman–Crippen MR) is 75.6 cm³/mol. The molecule has 1 amide bonds. The van der Waals surface area contributed by atoms with Gasteiger partial charge in [0.2, 0.25) is 0 Å². The number of carbonyl (C=O) groups is 1. The molecule has 0 aliphatic carbocycles. The van der Waals surface area contributed by atoms with Gasteiger partial charge < -0.3 is 10.1 Å². The van der Waals surface area contributed by atoms with Gasteiger partial charge in [0.25, 0.3) is 5.91 Å². The van der Waals surface area contributed by atoms with Crippen LogP contribution in [0.1, 0.15) is 29.0 Å². The lowest BCUT2D eigenvalue weighted by Gasteiger charge is -2.11. The first-order chi connectivity index (χ1) is 9.74. The Morgan fingerprint density at radius 1 is 1.35 bits per heavy atom. The van der Waals surface area contributed by atoms with Crippen LogP contribution in [0.3, 0.4) is 0 Å². The van der Waals surface area contributed by atoms with Crippen molar-refractivity contribution in [3.8, 4) is 0 Å². The molecule has 1 aromatic heterocycles. The Morgan fingerprint density at radius 3 is 2.80 bits per heavy atom. The summed E-state index contributed by atoms with van der Waals surface area (Å²) in [5.41, 5.74) is 2.58. The molecule has 5 nitrogen and oxygen atoms in total. The fraction of sp³-hybridized carbons (Fsp3) is 0.400. The summed E-state index contributed by atoms with van der Waals surface area (Å²) in [6, 6.07) is 7.55. The second-order valence-electron chi connectivity index (χ2n) is 4.99. The zero-order valence-corrected chi connectivity index (χ0v) is 11.4. The Bertz CT molecular complexity index is 636. The highest BCUT2D eigenvalue weighted by molar-refractivity contribution is 5.95. The molecule has 1 aromatic carbocycles. The van der Waals surface area contributed by atoms with Crippen LogP contribution < -0.4 is 5.32 Å². The zero-order valence-electron chi connectivity index (χ0n) is 11.4. The second kappa shape index (κ2) is 5.54. The van der Waals surface area contributed by atoms with E-state index in [4.69, 9.17) is 4.74 Å². The Morgan fingerprint density at radius 2 is 2.10 bits per heavy atom. The van der Waals surface area contributed by atoms with Crippen molar-refractivity contribution in [3.05, 3.63) is 35.7 Å². The van der Waals surface area contributed by atoms with Crippen LogP contribution in [0.25, 0.3) is 11.0 Å².